The van der Waals surface area contributed by atoms with E-state index in [1.54, 1.807) is 0 Å². The molecule has 0 saturated heterocycles. The average Bonchev–Trinajstić information content (AvgIpc) is 3.28. The number of methoxy groups -OCH3 is 1. The number of hydrogen-bond acceptors (Lipinski definition) is 13. The molecule has 0 fully saturated rings. The number of rotatable bonds is 13. The third-order valence-corrected chi connectivity index (χ3v) is 14.2. The Morgan fingerprint density at radius 2 is 1.23 bits per heavy atom. The Hall–Kier alpha value is -5.42. The van der Waals surface area contributed by atoms with Crippen molar-refractivity contribution in [3.8, 4) is 0 Å². The summed E-state index contributed by atoms with van der Waals surface area (Å²) in [6.45, 7) is -0.479. The van der Waals surface area contributed by atoms with Crippen molar-refractivity contribution in [1.82, 2.24) is 9.97 Å². The molecule has 0 saturated carbocycles. The number of benzene rings is 4. The van der Waals surface area contributed by atoms with Crippen LogP contribution in [0.5, 0.6) is 0 Å². The van der Waals surface area contributed by atoms with Crippen LogP contribution in [0.4, 0.5) is 49.1 Å². The highest BCUT2D eigenvalue weighted by Crippen LogP contribution is 2.40. The summed E-state index contributed by atoms with van der Waals surface area (Å²) in [5, 5.41) is 20.1. The number of ketones is 1. The molecule has 0 aliphatic carbocycles. The fraction of sp³-hybridized carbons (Fsp3) is 0.122. The van der Waals surface area contributed by atoms with Crippen LogP contribution in [0.25, 0.3) is 0 Å². The lowest BCUT2D eigenvalue weighted by Crippen LogP contribution is -2.33. The number of carbonyl (C=O) groups is 2. The van der Waals surface area contributed by atoms with Gasteiger partial charge in [0.25, 0.3) is 31.4 Å². The Bertz CT molecular complexity index is 3330. The number of pyridine rings is 2. The SMILES string of the molecule is C.COCN(c1cc(Cl)cnc1Br)S(=O)(=O)c1ccc(Cl)c(C(F)(F)F)c1.O=C(c1ncc(Cl)cc1NS(=O)(=O)c1ccc(Cl)c(C(F)(F)F)c1)c1c(Cl)cccc1[N+](=O)[O-].O=Cc1c(Cl)cccc1[N+](=O)[O-]. The zero-order valence-corrected chi connectivity index (χ0v) is 42.7. The number of aldehydes is 1. The summed E-state index contributed by atoms with van der Waals surface area (Å²) in [7, 11) is -7.93. The fourth-order valence-corrected chi connectivity index (χ4v) is 9.85. The van der Waals surface area contributed by atoms with Gasteiger partial charge in [-0.05, 0) is 76.6 Å². The first-order valence-electron chi connectivity index (χ1n) is 18.5. The largest absolute Gasteiger partial charge is 0.417 e. The molecule has 73 heavy (non-hydrogen) atoms. The quantitative estimate of drug-likeness (QED) is 0.0215. The lowest BCUT2D eigenvalue weighted by atomic mass is 10.0. The van der Waals surface area contributed by atoms with E-state index in [2.05, 4.69) is 25.9 Å². The van der Waals surface area contributed by atoms with Crippen molar-refractivity contribution in [1.29, 1.82) is 0 Å². The van der Waals surface area contributed by atoms with Gasteiger partial charge in [0, 0.05) is 31.6 Å². The van der Waals surface area contributed by atoms with E-state index in [-0.39, 0.29) is 49.1 Å². The number of alkyl halides is 6. The van der Waals surface area contributed by atoms with Crippen LogP contribution in [0.2, 0.25) is 30.1 Å². The number of carbonyl (C=O) groups excluding carboxylic acids is 2. The Balaban J connectivity index is 0.000000318. The molecular weight excluding hydrogens is 1220 g/mol. The van der Waals surface area contributed by atoms with Gasteiger partial charge in [0.15, 0.2) is 6.29 Å². The molecule has 0 unspecified atom stereocenters. The summed E-state index contributed by atoms with van der Waals surface area (Å²) in [5.74, 6) is -1.13. The molecular formula is C41H27BrCl6F6N6O11S2. The molecule has 6 rings (SSSR count). The Morgan fingerprint density at radius 1 is 0.740 bits per heavy atom. The highest BCUT2D eigenvalue weighted by atomic mass is 79.9. The molecule has 6 aromatic rings. The smallest absolute Gasteiger partial charge is 0.363 e. The van der Waals surface area contributed by atoms with Gasteiger partial charge in [-0.25, -0.2) is 31.1 Å². The molecule has 1 N–H and O–H groups in total. The maximum absolute atomic E-state index is 13.2. The molecule has 32 heteroatoms. The van der Waals surface area contributed by atoms with Crippen LogP contribution in [0.1, 0.15) is 45.0 Å². The van der Waals surface area contributed by atoms with E-state index < -0.39 is 108 Å². The van der Waals surface area contributed by atoms with Crippen molar-refractivity contribution in [2.24, 2.45) is 0 Å². The molecule has 0 aliphatic heterocycles. The molecule has 2 heterocycles. The van der Waals surface area contributed by atoms with Gasteiger partial charge >= 0.3 is 12.4 Å². The van der Waals surface area contributed by atoms with E-state index in [0.29, 0.717) is 18.4 Å². The number of aromatic nitrogens is 2. The van der Waals surface area contributed by atoms with E-state index in [0.717, 1.165) is 46.9 Å². The van der Waals surface area contributed by atoms with Crippen molar-refractivity contribution in [3.63, 3.8) is 0 Å². The second kappa shape index (κ2) is 25.2. The van der Waals surface area contributed by atoms with E-state index in [1.807, 2.05) is 4.72 Å². The standard InChI is InChI=1S/C19H9Cl3F3N3O5S.C14H10BrCl2F3N2O3S.C7H4ClNO3.CH4/c20-9-6-14(27-34(32,33)10-4-5-12(21)11(7-10)19(23,24)25)17(26-8-9)18(29)16-13(22)2-1-3-15(16)28(30)31;1-25-7-22(12-4-8(16)6-21-13(12)15)26(23,24)9-2-3-11(17)10(5-9)14(18,19)20;8-6-2-1-3-7(9(11)12)5(6)4-10;/h1-8,27H;2-6H,7H2,1H3;1-4H;1H4. The highest BCUT2D eigenvalue weighted by Gasteiger charge is 2.37. The van der Waals surface area contributed by atoms with Gasteiger partial charge < -0.3 is 4.74 Å². The van der Waals surface area contributed by atoms with Gasteiger partial charge in [-0.15, -0.1) is 0 Å². The third-order valence-electron chi connectivity index (χ3n) is 8.76. The summed E-state index contributed by atoms with van der Waals surface area (Å²) < 4.78 is 138. The topological polar surface area (TPSA) is 239 Å². The molecule has 0 amide bonds. The number of halogens is 13. The Kier molecular flexibility index (Phi) is 21.4. The lowest BCUT2D eigenvalue weighted by Gasteiger charge is -2.24. The molecule has 0 spiro atoms. The zero-order valence-electron chi connectivity index (χ0n) is 35.0. The van der Waals surface area contributed by atoms with Crippen LogP contribution < -0.4 is 9.03 Å². The molecule has 4 aromatic carbocycles. The van der Waals surface area contributed by atoms with Gasteiger partial charge in [0.2, 0.25) is 5.78 Å². The summed E-state index contributed by atoms with van der Waals surface area (Å²) in [5.41, 5.74) is -5.43. The zero-order chi connectivity index (χ0) is 54.3. The summed E-state index contributed by atoms with van der Waals surface area (Å²) >= 11 is 37.4. The second-order valence-corrected chi connectivity index (χ2v) is 20.2. The first kappa shape index (κ1) is 61.9. The van der Waals surface area contributed by atoms with E-state index in [4.69, 9.17) is 74.3 Å². The van der Waals surface area contributed by atoms with Crippen molar-refractivity contribution in [2.75, 3.05) is 22.9 Å². The number of hydrogen-bond donors (Lipinski definition) is 1. The van der Waals surface area contributed by atoms with Crippen LogP contribution in [0.3, 0.4) is 0 Å². The predicted octanol–water partition coefficient (Wildman–Crippen LogP) is 13.7. The van der Waals surface area contributed by atoms with Crippen LogP contribution in [-0.4, -0.2) is 62.6 Å². The first-order valence-corrected chi connectivity index (χ1v) is 24.5. The van der Waals surface area contributed by atoms with Gasteiger partial charge in [-0.3, -0.25) is 34.5 Å². The predicted molar refractivity (Wildman–Crippen MR) is 263 cm³/mol. The van der Waals surface area contributed by atoms with Crippen molar-refractivity contribution >= 4 is 140 Å². The van der Waals surface area contributed by atoms with E-state index >= 15 is 0 Å². The molecule has 0 bridgehead atoms. The average molecular weight is 1250 g/mol. The molecule has 0 radical (unpaired) electrons. The minimum Gasteiger partial charge on any atom is -0.363 e. The number of nitrogens with zero attached hydrogens (tertiary/aromatic N) is 5. The fourth-order valence-electron chi connectivity index (χ4n) is 5.58. The summed E-state index contributed by atoms with van der Waals surface area (Å²) in [6, 6.07) is 13.9. The maximum Gasteiger partial charge on any atom is 0.417 e. The van der Waals surface area contributed by atoms with Crippen molar-refractivity contribution in [2.45, 2.75) is 29.6 Å². The van der Waals surface area contributed by atoms with Gasteiger partial charge in [0.05, 0.1) is 72.3 Å². The molecule has 2 aromatic heterocycles. The Labute approximate surface area is 447 Å². The monoisotopic (exact) mass is 1250 g/mol. The van der Waals surface area contributed by atoms with Gasteiger partial charge in [0.1, 0.15) is 28.2 Å². The molecule has 0 atom stereocenters. The number of nitro benzene ring substituents is 2. The number of ether oxygens (including phenoxy) is 1. The van der Waals surface area contributed by atoms with Gasteiger partial charge in [-0.1, -0.05) is 89.2 Å². The number of anilines is 2. The van der Waals surface area contributed by atoms with Gasteiger partial charge in [-0.2, -0.15) is 26.3 Å². The van der Waals surface area contributed by atoms with Crippen molar-refractivity contribution < 1.29 is 67.4 Å². The second-order valence-electron chi connectivity index (χ2n) is 13.4. The number of nitro groups is 2. The number of sulfonamides is 2. The molecule has 17 nitrogen and oxygen atoms in total. The lowest BCUT2D eigenvalue weighted by molar-refractivity contribution is -0.385. The van der Waals surface area contributed by atoms with Crippen molar-refractivity contribution in [3.05, 3.63) is 180 Å². The Morgan fingerprint density at radius 3 is 1.74 bits per heavy atom. The normalized spacial score (nSPS) is 11.4. The third kappa shape index (κ3) is 15.3. The van der Waals surface area contributed by atoms with E-state index in [1.165, 1.54) is 49.7 Å². The first-order chi connectivity index (χ1) is 33.4. The minimum absolute atomic E-state index is 0. The maximum atomic E-state index is 13.2. The van der Waals surface area contributed by atoms with Crippen LogP contribution in [0.15, 0.2) is 112 Å². The minimum atomic E-state index is -4.94. The molecule has 0 aliphatic rings. The van der Waals surface area contributed by atoms with Crippen LogP contribution >= 0.6 is 85.5 Å². The van der Waals surface area contributed by atoms with Crippen LogP contribution in [-0.2, 0) is 37.1 Å². The number of nitrogens with one attached hydrogen (secondary N) is 1. The van der Waals surface area contributed by atoms with E-state index in [9.17, 15) is 73.0 Å². The molecule has 390 valence electrons. The van der Waals surface area contributed by atoms with Crippen LogP contribution in [0, 0.1) is 20.2 Å². The summed E-state index contributed by atoms with van der Waals surface area (Å²) in [4.78, 5) is 49.8. The highest BCUT2D eigenvalue weighted by molar-refractivity contribution is 9.10. The summed E-state index contributed by atoms with van der Waals surface area (Å²) in [6.07, 6.45) is -7.13.